The molecule has 6 nitrogen and oxygen atoms in total. The highest BCUT2D eigenvalue weighted by atomic mass is 32.1. The minimum Gasteiger partial charge on any atom is -0.290 e. The zero-order valence-corrected chi connectivity index (χ0v) is 12.5. The summed E-state index contributed by atoms with van der Waals surface area (Å²) in [7, 11) is 0. The Bertz CT molecular complexity index is 1220. The quantitative estimate of drug-likeness (QED) is 0.515. The maximum absolute atomic E-state index is 12.1. The lowest BCUT2D eigenvalue weighted by Crippen LogP contribution is -2.10. The maximum atomic E-state index is 12.1. The molecule has 0 saturated carbocycles. The molecule has 0 saturated heterocycles. The Balaban J connectivity index is 1.83. The van der Waals surface area contributed by atoms with E-state index in [1.165, 1.54) is 11.3 Å². The lowest BCUT2D eigenvalue weighted by Gasteiger charge is -1.97. The van der Waals surface area contributed by atoms with Crippen molar-refractivity contribution in [2.45, 2.75) is 0 Å². The first-order chi connectivity index (χ1) is 11.3. The minimum atomic E-state index is -0.170. The van der Waals surface area contributed by atoms with Gasteiger partial charge in [0.1, 0.15) is 0 Å². The van der Waals surface area contributed by atoms with Crippen LogP contribution in [0.15, 0.2) is 53.3 Å². The highest BCUT2D eigenvalue weighted by molar-refractivity contribution is 7.21. The average Bonchev–Trinajstić information content (AvgIpc) is 3.18. The fourth-order valence-corrected chi connectivity index (χ4v) is 3.53. The van der Waals surface area contributed by atoms with E-state index in [9.17, 15) is 4.79 Å². The molecule has 0 spiro atoms. The summed E-state index contributed by atoms with van der Waals surface area (Å²) in [4.78, 5) is 23.9. The number of nitrogens with zero attached hydrogens (tertiary/aromatic N) is 4. The van der Waals surface area contributed by atoms with Gasteiger partial charge < -0.3 is 0 Å². The SMILES string of the molecule is O=c1[nH]c2nc(-c3nc4ccccc4s3)nn2c2ccccc12. The van der Waals surface area contributed by atoms with Gasteiger partial charge in [0.25, 0.3) is 5.56 Å². The first kappa shape index (κ1) is 12.5. The molecule has 3 heterocycles. The molecule has 0 aliphatic carbocycles. The number of aromatic nitrogens is 5. The van der Waals surface area contributed by atoms with Crippen molar-refractivity contribution in [2.24, 2.45) is 0 Å². The highest BCUT2D eigenvalue weighted by Gasteiger charge is 2.14. The molecule has 0 aliphatic rings. The van der Waals surface area contributed by atoms with Crippen LogP contribution in [0.5, 0.6) is 0 Å². The molecule has 0 radical (unpaired) electrons. The molecular formula is C16H9N5OS. The van der Waals surface area contributed by atoms with Crippen LogP contribution in [0.3, 0.4) is 0 Å². The number of fused-ring (bicyclic) bond motifs is 4. The maximum Gasteiger partial charge on any atom is 0.260 e. The number of hydrogen-bond donors (Lipinski definition) is 1. The van der Waals surface area contributed by atoms with Gasteiger partial charge in [-0.25, -0.2) is 4.98 Å². The molecule has 3 aromatic heterocycles. The van der Waals surface area contributed by atoms with E-state index in [0.717, 1.165) is 20.7 Å². The summed E-state index contributed by atoms with van der Waals surface area (Å²) < 4.78 is 2.73. The fourth-order valence-electron chi connectivity index (χ4n) is 2.64. The van der Waals surface area contributed by atoms with Gasteiger partial charge in [-0.2, -0.15) is 9.50 Å². The number of benzene rings is 2. The van der Waals surface area contributed by atoms with Gasteiger partial charge in [0.15, 0.2) is 5.01 Å². The Morgan fingerprint density at radius 3 is 2.74 bits per heavy atom. The molecule has 5 rings (SSSR count). The Kier molecular flexibility index (Phi) is 2.42. The summed E-state index contributed by atoms with van der Waals surface area (Å²) in [5.74, 6) is 0.932. The summed E-state index contributed by atoms with van der Waals surface area (Å²) in [5.41, 5.74) is 1.48. The topological polar surface area (TPSA) is 75.9 Å². The van der Waals surface area contributed by atoms with E-state index in [-0.39, 0.29) is 5.56 Å². The van der Waals surface area contributed by atoms with Crippen LogP contribution in [0.1, 0.15) is 0 Å². The van der Waals surface area contributed by atoms with Crippen LogP contribution < -0.4 is 5.56 Å². The zero-order valence-electron chi connectivity index (χ0n) is 11.7. The standard InChI is InChI=1S/C16H9N5OS/c22-14-9-5-1-3-7-11(9)21-16(19-14)18-13(20-21)15-17-10-6-2-4-8-12(10)23-15/h1-8H,(H,18,19,20,22). The first-order valence-corrected chi connectivity index (χ1v) is 7.85. The van der Waals surface area contributed by atoms with Crippen LogP contribution in [0.2, 0.25) is 0 Å². The van der Waals surface area contributed by atoms with Crippen LogP contribution >= 0.6 is 11.3 Å². The molecule has 110 valence electrons. The van der Waals surface area contributed by atoms with Crippen molar-refractivity contribution in [3.8, 4) is 10.8 Å². The molecule has 0 unspecified atom stereocenters. The zero-order chi connectivity index (χ0) is 15.4. The van der Waals surface area contributed by atoms with Gasteiger partial charge in [0.05, 0.1) is 21.1 Å². The molecule has 0 amide bonds. The molecule has 0 fully saturated rings. The molecular weight excluding hydrogens is 310 g/mol. The van der Waals surface area contributed by atoms with Gasteiger partial charge in [-0.3, -0.25) is 9.78 Å². The third-order valence-electron chi connectivity index (χ3n) is 3.69. The molecule has 0 aliphatic heterocycles. The van der Waals surface area contributed by atoms with Gasteiger partial charge in [-0.15, -0.1) is 16.4 Å². The summed E-state index contributed by atoms with van der Waals surface area (Å²) >= 11 is 1.53. The Hall–Kier alpha value is -3.06. The Morgan fingerprint density at radius 1 is 1.00 bits per heavy atom. The van der Waals surface area contributed by atoms with E-state index in [2.05, 4.69) is 20.1 Å². The lowest BCUT2D eigenvalue weighted by molar-refractivity contribution is 0.980. The van der Waals surface area contributed by atoms with Crippen LogP contribution in [-0.4, -0.2) is 24.6 Å². The number of hydrogen-bond acceptors (Lipinski definition) is 5. The minimum absolute atomic E-state index is 0.170. The number of H-pyrrole nitrogens is 1. The number of rotatable bonds is 1. The van der Waals surface area contributed by atoms with Gasteiger partial charge >= 0.3 is 0 Å². The van der Waals surface area contributed by atoms with E-state index >= 15 is 0 Å². The largest absolute Gasteiger partial charge is 0.290 e. The van der Waals surface area contributed by atoms with E-state index < -0.39 is 0 Å². The summed E-state index contributed by atoms with van der Waals surface area (Å²) in [5, 5.41) is 5.85. The third-order valence-corrected chi connectivity index (χ3v) is 4.73. The predicted molar refractivity (Wildman–Crippen MR) is 89.7 cm³/mol. The number of para-hydroxylation sites is 2. The van der Waals surface area contributed by atoms with Crippen LogP contribution in [-0.2, 0) is 0 Å². The van der Waals surface area contributed by atoms with E-state index in [0.29, 0.717) is 17.0 Å². The third kappa shape index (κ3) is 1.80. The van der Waals surface area contributed by atoms with Crippen molar-refractivity contribution >= 4 is 38.2 Å². The summed E-state index contributed by atoms with van der Waals surface area (Å²) in [6, 6.07) is 15.2. The summed E-state index contributed by atoms with van der Waals surface area (Å²) in [6.07, 6.45) is 0. The number of aromatic amines is 1. The van der Waals surface area contributed by atoms with Gasteiger partial charge in [-0.1, -0.05) is 24.3 Å². The number of thiazole rings is 1. The van der Waals surface area contributed by atoms with Crippen LogP contribution in [0, 0.1) is 0 Å². The summed E-state index contributed by atoms with van der Waals surface area (Å²) in [6.45, 7) is 0. The van der Waals surface area contributed by atoms with Crippen molar-refractivity contribution in [1.29, 1.82) is 0 Å². The van der Waals surface area contributed by atoms with Gasteiger partial charge in [0, 0.05) is 0 Å². The monoisotopic (exact) mass is 319 g/mol. The predicted octanol–water partition coefficient (Wildman–Crippen LogP) is 2.85. The average molecular weight is 319 g/mol. The highest BCUT2D eigenvalue weighted by Crippen LogP contribution is 2.28. The first-order valence-electron chi connectivity index (χ1n) is 7.03. The van der Waals surface area contributed by atoms with E-state index in [1.54, 1.807) is 10.6 Å². The van der Waals surface area contributed by atoms with Crippen molar-refractivity contribution < 1.29 is 0 Å². The normalized spacial score (nSPS) is 11.7. The van der Waals surface area contributed by atoms with Crippen molar-refractivity contribution in [3.63, 3.8) is 0 Å². The molecule has 2 aromatic carbocycles. The van der Waals surface area contributed by atoms with Crippen LogP contribution in [0.4, 0.5) is 0 Å². The number of nitrogens with one attached hydrogen (secondary N) is 1. The molecule has 0 atom stereocenters. The van der Waals surface area contributed by atoms with Crippen LogP contribution in [0.25, 0.3) is 37.7 Å². The second kappa shape index (κ2) is 4.47. The molecule has 1 N–H and O–H groups in total. The molecule has 7 heteroatoms. The molecule has 23 heavy (non-hydrogen) atoms. The fraction of sp³-hybridized carbons (Fsp3) is 0. The van der Waals surface area contributed by atoms with Gasteiger partial charge in [0.2, 0.25) is 11.6 Å². The van der Waals surface area contributed by atoms with Crippen molar-refractivity contribution in [2.75, 3.05) is 0 Å². The van der Waals surface area contributed by atoms with E-state index in [4.69, 9.17) is 0 Å². The van der Waals surface area contributed by atoms with Crippen molar-refractivity contribution in [3.05, 3.63) is 58.9 Å². The smallest absolute Gasteiger partial charge is 0.260 e. The lowest BCUT2D eigenvalue weighted by atomic mass is 10.2. The van der Waals surface area contributed by atoms with Crippen molar-refractivity contribution in [1.82, 2.24) is 24.6 Å². The van der Waals surface area contributed by atoms with E-state index in [1.807, 2.05) is 42.5 Å². The Labute approximate surface area is 133 Å². The second-order valence-corrected chi connectivity index (χ2v) is 6.16. The molecule has 5 aromatic rings. The molecule has 0 bridgehead atoms. The van der Waals surface area contributed by atoms with Gasteiger partial charge in [-0.05, 0) is 24.3 Å². The second-order valence-electron chi connectivity index (χ2n) is 5.13. The Morgan fingerprint density at radius 2 is 1.83 bits per heavy atom.